The molecule has 0 radical (unpaired) electrons. The van der Waals surface area contributed by atoms with E-state index in [1.165, 1.54) is 32.9 Å². The Morgan fingerprint density at radius 2 is 1.86 bits per heavy atom. The normalized spacial score (nSPS) is 17.7. The first-order valence-electron chi connectivity index (χ1n) is 9.62. The zero-order valence-corrected chi connectivity index (χ0v) is 17.0. The van der Waals surface area contributed by atoms with Crippen molar-refractivity contribution in [2.45, 2.75) is 12.5 Å². The molecule has 1 N–H and O–H groups in total. The van der Waals surface area contributed by atoms with Crippen LogP contribution in [0.2, 0.25) is 5.02 Å². The third-order valence-electron chi connectivity index (χ3n) is 5.35. The molecule has 1 fully saturated rings. The molecule has 4 nitrogen and oxygen atoms in total. The molecule has 142 valence electrons. The lowest BCUT2D eigenvalue weighted by atomic mass is 9.94. The van der Waals surface area contributed by atoms with Crippen LogP contribution in [0.15, 0.2) is 59.9 Å². The molecule has 6 heteroatoms. The summed E-state index contributed by atoms with van der Waals surface area (Å²) >= 11 is 7.98. The maximum absolute atomic E-state index is 6.16. The van der Waals surface area contributed by atoms with Crippen molar-refractivity contribution in [3.63, 3.8) is 0 Å². The monoisotopic (exact) mass is 408 g/mol. The SMILES string of the molecule is Clc1ccc(C(c2cc(-c3ccncc3)sc2C2=NCCN2)N2CCC2)cc1. The van der Waals surface area contributed by atoms with E-state index in [9.17, 15) is 0 Å². The summed E-state index contributed by atoms with van der Waals surface area (Å²) < 4.78 is 0. The standard InChI is InChI=1S/C22H21ClN4S/c23-17-4-2-16(3-5-17)20(27-12-1-13-27)18-14-19(15-6-8-24-9-7-15)28-21(18)22-25-10-11-26-22/h2-9,14,20H,1,10-13H2,(H,25,26). The molecule has 1 saturated heterocycles. The molecule has 3 aromatic rings. The number of hydrogen-bond acceptors (Lipinski definition) is 5. The third kappa shape index (κ3) is 3.34. The molecular weight excluding hydrogens is 388 g/mol. The van der Waals surface area contributed by atoms with Crippen LogP contribution in [0, 0.1) is 0 Å². The maximum atomic E-state index is 6.16. The first-order valence-corrected chi connectivity index (χ1v) is 10.8. The Morgan fingerprint density at radius 1 is 1.07 bits per heavy atom. The van der Waals surface area contributed by atoms with Crippen molar-refractivity contribution in [1.29, 1.82) is 0 Å². The van der Waals surface area contributed by atoms with Crippen LogP contribution in [0.4, 0.5) is 0 Å². The Kier molecular flexibility index (Phi) is 4.89. The molecule has 0 saturated carbocycles. The molecule has 1 unspecified atom stereocenters. The lowest BCUT2D eigenvalue weighted by Crippen LogP contribution is -2.41. The van der Waals surface area contributed by atoms with E-state index >= 15 is 0 Å². The number of likely N-dealkylation sites (tertiary alicyclic amines) is 1. The van der Waals surface area contributed by atoms with Gasteiger partial charge in [-0.3, -0.25) is 14.9 Å². The Balaban J connectivity index is 1.64. The number of rotatable bonds is 5. The Labute approximate surface area is 173 Å². The molecule has 5 rings (SSSR count). The van der Waals surface area contributed by atoms with Gasteiger partial charge in [0.2, 0.25) is 0 Å². The van der Waals surface area contributed by atoms with Crippen LogP contribution in [-0.4, -0.2) is 41.9 Å². The van der Waals surface area contributed by atoms with Crippen LogP contribution in [-0.2, 0) is 0 Å². The van der Waals surface area contributed by atoms with Crippen molar-refractivity contribution in [2.24, 2.45) is 4.99 Å². The van der Waals surface area contributed by atoms with Crippen molar-refractivity contribution >= 4 is 28.8 Å². The molecular formula is C22H21ClN4S. The summed E-state index contributed by atoms with van der Waals surface area (Å²) in [6.45, 7) is 3.99. The van der Waals surface area contributed by atoms with Gasteiger partial charge in [0, 0.05) is 41.9 Å². The first kappa shape index (κ1) is 17.9. The predicted octanol–water partition coefficient (Wildman–Crippen LogP) is 4.61. The van der Waals surface area contributed by atoms with Crippen LogP contribution in [0.25, 0.3) is 10.4 Å². The Morgan fingerprint density at radius 3 is 2.50 bits per heavy atom. The predicted molar refractivity (Wildman–Crippen MR) is 116 cm³/mol. The second-order valence-electron chi connectivity index (χ2n) is 7.13. The van der Waals surface area contributed by atoms with Crippen molar-refractivity contribution in [2.75, 3.05) is 26.2 Å². The van der Waals surface area contributed by atoms with Gasteiger partial charge in [-0.25, -0.2) is 0 Å². The van der Waals surface area contributed by atoms with Crippen LogP contribution >= 0.6 is 22.9 Å². The largest absolute Gasteiger partial charge is 0.367 e. The Hall–Kier alpha value is -2.21. The smallest absolute Gasteiger partial charge is 0.139 e. The zero-order valence-electron chi connectivity index (χ0n) is 15.4. The molecule has 0 amide bonds. The lowest BCUT2D eigenvalue weighted by molar-refractivity contribution is 0.140. The fraction of sp³-hybridized carbons (Fsp3) is 0.273. The number of hydrogen-bond donors (Lipinski definition) is 1. The number of nitrogens with one attached hydrogen (secondary N) is 1. The fourth-order valence-electron chi connectivity index (χ4n) is 3.83. The number of nitrogens with zero attached hydrogens (tertiary/aromatic N) is 3. The maximum Gasteiger partial charge on any atom is 0.139 e. The molecule has 0 spiro atoms. The highest BCUT2D eigenvalue weighted by atomic mass is 35.5. The summed E-state index contributed by atoms with van der Waals surface area (Å²) in [5, 5.41) is 4.25. The molecule has 28 heavy (non-hydrogen) atoms. The summed E-state index contributed by atoms with van der Waals surface area (Å²) in [4.78, 5) is 13.9. The van der Waals surface area contributed by atoms with E-state index in [0.717, 1.165) is 37.0 Å². The summed E-state index contributed by atoms with van der Waals surface area (Å²) in [6, 6.07) is 15.0. The van der Waals surface area contributed by atoms with Crippen LogP contribution in [0.1, 0.15) is 28.5 Å². The third-order valence-corrected chi connectivity index (χ3v) is 6.81. The number of thiophene rings is 1. The van der Waals surface area contributed by atoms with Gasteiger partial charge in [-0.15, -0.1) is 11.3 Å². The number of aromatic nitrogens is 1. The average molecular weight is 409 g/mol. The first-order chi connectivity index (χ1) is 13.8. The van der Waals surface area contributed by atoms with Gasteiger partial charge >= 0.3 is 0 Å². The molecule has 2 aliphatic heterocycles. The van der Waals surface area contributed by atoms with E-state index < -0.39 is 0 Å². The highest BCUT2D eigenvalue weighted by Crippen LogP contribution is 2.41. The van der Waals surface area contributed by atoms with E-state index in [0.29, 0.717) is 0 Å². The van der Waals surface area contributed by atoms with Gasteiger partial charge in [-0.05, 0) is 53.4 Å². The van der Waals surface area contributed by atoms with Crippen molar-refractivity contribution in [1.82, 2.24) is 15.2 Å². The minimum Gasteiger partial charge on any atom is -0.367 e. The summed E-state index contributed by atoms with van der Waals surface area (Å²) in [5.41, 5.74) is 3.81. The molecule has 1 aromatic carbocycles. The van der Waals surface area contributed by atoms with Crippen LogP contribution < -0.4 is 5.32 Å². The van der Waals surface area contributed by atoms with Gasteiger partial charge in [0.25, 0.3) is 0 Å². The summed E-state index contributed by atoms with van der Waals surface area (Å²) in [5.74, 6) is 1.03. The summed E-state index contributed by atoms with van der Waals surface area (Å²) in [7, 11) is 0. The minimum absolute atomic E-state index is 0.220. The number of amidine groups is 1. The highest BCUT2D eigenvalue weighted by molar-refractivity contribution is 7.17. The minimum atomic E-state index is 0.220. The molecule has 4 heterocycles. The Bertz CT molecular complexity index is 993. The molecule has 2 aliphatic rings. The zero-order chi connectivity index (χ0) is 18.9. The van der Waals surface area contributed by atoms with Crippen molar-refractivity contribution < 1.29 is 0 Å². The van der Waals surface area contributed by atoms with Crippen molar-refractivity contribution in [3.05, 3.63) is 75.9 Å². The molecule has 1 atom stereocenters. The van der Waals surface area contributed by atoms with Crippen LogP contribution in [0.5, 0.6) is 0 Å². The van der Waals surface area contributed by atoms with Gasteiger partial charge in [0.15, 0.2) is 0 Å². The van der Waals surface area contributed by atoms with Gasteiger partial charge in [0.1, 0.15) is 5.84 Å². The fourth-order valence-corrected chi connectivity index (χ4v) is 5.14. The van der Waals surface area contributed by atoms with Crippen molar-refractivity contribution in [3.8, 4) is 10.4 Å². The second-order valence-corrected chi connectivity index (χ2v) is 8.62. The molecule has 2 aromatic heterocycles. The van der Waals surface area contributed by atoms with Gasteiger partial charge in [-0.1, -0.05) is 23.7 Å². The quantitative estimate of drug-likeness (QED) is 0.670. The average Bonchev–Trinajstić information content (AvgIpc) is 3.36. The number of aliphatic imine (C=N–C) groups is 1. The van der Waals surface area contributed by atoms with E-state index in [1.807, 2.05) is 35.9 Å². The highest BCUT2D eigenvalue weighted by Gasteiger charge is 2.31. The molecule has 0 bridgehead atoms. The summed E-state index contributed by atoms with van der Waals surface area (Å²) in [6.07, 6.45) is 4.96. The van der Waals surface area contributed by atoms with Crippen LogP contribution in [0.3, 0.4) is 0 Å². The van der Waals surface area contributed by atoms with Gasteiger partial charge in [-0.2, -0.15) is 0 Å². The topological polar surface area (TPSA) is 40.5 Å². The van der Waals surface area contributed by atoms with E-state index in [-0.39, 0.29) is 6.04 Å². The van der Waals surface area contributed by atoms with Gasteiger partial charge < -0.3 is 5.32 Å². The second kappa shape index (κ2) is 7.66. The van der Waals surface area contributed by atoms with E-state index in [1.54, 1.807) is 0 Å². The number of pyridine rings is 1. The van der Waals surface area contributed by atoms with Gasteiger partial charge in [0.05, 0.1) is 17.5 Å². The van der Waals surface area contributed by atoms with E-state index in [2.05, 4.69) is 45.5 Å². The number of halogens is 1. The van der Waals surface area contributed by atoms with E-state index in [4.69, 9.17) is 16.6 Å². The molecule has 0 aliphatic carbocycles. The number of benzene rings is 1. The lowest BCUT2D eigenvalue weighted by Gasteiger charge is -2.39.